The fraction of sp³-hybridized carbons (Fsp3) is 0.0169. The predicted octanol–water partition coefficient (Wildman–Crippen LogP) is 14.1. The van der Waals surface area contributed by atoms with Crippen LogP contribution < -0.4 is 0 Å². The maximum atomic E-state index is 10.1. The molecular formula is C59H38N4. The number of fused-ring (bicyclic) bond motifs is 3. The van der Waals surface area contributed by atoms with Crippen molar-refractivity contribution in [2.24, 2.45) is 0 Å². The highest BCUT2D eigenvalue weighted by atomic mass is 14.9. The first-order valence-electron chi connectivity index (χ1n) is 21.1. The summed E-state index contributed by atoms with van der Waals surface area (Å²) >= 11 is 0. The van der Waals surface area contributed by atoms with Crippen LogP contribution in [0.4, 0.5) is 0 Å². The molecule has 0 N–H and O–H groups in total. The number of rotatable bonds is 8. The van der Waals surface area contributed by atoms with E-state index in [0.29, 0.717) is 11.4 Å². The lowest BCUT2D eigenvalue weighted by Gasteiger charge is -2.34. The molecule has 63 heavy (non-hydrogen) atoms. The average molecular weight is 803 g/mol. The van der Waals surface area contributed by atoms with E-state index in [4.69, 9.17) is 15.0 Å². The van der Waals surface area contributed by atoms with Gasteiger partial charge in [-0.3, -0.25) is 4.98 Å². The van der Waals surface area contributed by atoms with Gasteiger partial charge >= 0.3 is 0 Å². The van der Waals surface area contributed by atoms with Crippen LogP contribution in [-0.4, -0.2) is 15.0 Å². The zero-order chi connectivity index (χ0) is 42.2. The number of hydrogen-bond acceptors (Lipinski definition) is 4. The Kier molecular flexibility index (Phi) is 9.41. The molecule has 1 aliphatic carbocycles. The molecule has 0 radical (unpaired) electrons. The van der Waals surface area contributed by atoms with Gasteiger partial charge in [-0.2, -0.15) is 5.26 Å². The van der Waals surface area contributed by atoms with Crippen molar-refractivity contribution in [3.63, 3.8) is 0 Å². The Morgan fingerprint density at radius 1 is 0.349 bits per heavy atom. The van der Waals surface area contributed by atoms with E-state index < -0.39 is 5.41 Å². The molecule has 2 aromatic heterocycles. The van der Waals surface area contributed by atoms with E-state index in [9.17, 15) is 5.26 Å². The van der Waals surface area contributed by atoms with Gasteiger partial charge in [0, 0.05) is 28.5 Å². The Bertz CT molecular complexity index is 3210. The zero-order valence-electron chi connectivity index (χ0n) is 34.2. The van der Waals surface area contributed by atoms with Gasteiger partial charge in [0.15, 0.2) is 5.82 Å². The SMILES string of the molecule is N#Cc1ccc2c(c1)C(c1ccccc1)(c1ccccc1)c1cc(-c3ccc(-c4cc(-c5ccccn5)cc(-c5cc(-c6ccccc6)nc(-c6ccccc6)n5)c4)cc3)ccc1-2. The molecule has 0 atom stereocenters. The van der Waals surface area contributed by atoms with E-state index >= 15 is 0 Å². The maximum absolute atomic E-state index is 10.1. The molecule has 0 saturated carbocycles. The lowest BCUT2D eigenvalue weighted by molar-refractivity contribution is 0.768. The van der Waals surface area contributed by atoms with E-state index in [2.05, 4.69) is 176 Å². The van der Waals surface area contributed by atoms with Crippen LogP contribution in [0.5, 0.6) is 0 Å². The third kappa shape index (κ3) is 6.70. The predicted molar refractivity (Wildman–Crippen MR) is 254 cm³/mol. The molecule has 0 spiro atoms. The molecule has 0 bridgehead atoms. The molecule has 0 fully saturated rings. The number of aromatic nitrogens is 3. The Balaban J connectivity index is 1.04. The van der Waals surface area contributed by atoms with Crippen molar-refractivity contribution < 1.29 is 0 Å². The van der Waals surface area contributed by atoms with Crippen molar-refractivity contribution in [2.45, 2.75) is 5.41 Å². The molecule has 10 aromatic rings. The summed E-state index contributed by atoms with van der Waals surface area (Å²) in [6.07, 6.45) is 1.84. The van der Waals surface area contributed by atoms with Crippen molar-refractivity contribution in [3.05, 3.63) is 258 Å². The second-order valence-electron chi connectivity index (χ2n) is 15.9. The van der Waals surface area contributed by atoms with Crippen LogP contribution in [0.1, 0.15) is 27.8 Å². The lowest BCUT2D eigenvalue weighted by Crippen LogP contribution is -2.28. The van der Waals surface area contributed by atoms with Gasteiger partial charge in [-0.15, -0.1) is 0 Å². The van der Waals surface area contributed by atoms with Crippen molar-refractivity contribution in [2.75, 3.05) is 0 Å². The van der Waals surface area contributed by atoms with Crippen LogP contribution in [0.3, 0.4) is 0 Å². The van der Waals surface area contributed by atoms with Crippen LogP contribution in [0.25, 0.3) is 78.5 Å². The summed E-state index contributed by atoms with van der Waals surface area (Å²) in [6, 6.07) is 80.9. The fourth-order valence-electron chi connectivity index (χ4n) is 9.28. The fourth-order valence-corrected chi connectivity index (χ4v) is 9.28. The average Bonchev–Trinajstić information content (AvgIpc) is 3.67. The van der Waals surface area contributed by atoms with E-state index in [1.807, 2.05) is 60.8 Å². The molecule has 4 nitrogen and oxygen atoms in total. The first-order valence-corrected chi connectivity index (χ1v) is 21.1. The third-order valence-corrected chi connectivity index (χ3v) is 12.2. The first kappa shape index (κ1) is 37.5. The molecule has 0 amide bonds. The van der Waals surface area contributed by atoms with Gasteiger partial charge in [-0.25, -0.2) is 9.97 Å². The molecule has 0 saturated heterocycles. The van der Waals surface area contributed by atoms with Gasteiger partial charge in [0.1, 0.15) is 0 Å². The van der Waals surface area contributed by atoms with Crippen molar-refractivity contribution in [1.29, 1.82) is 5.26 Å². The summed E-state index contributed by atoms with van der Waals surface area (Å²) in [5, 5.41) is 10.1. The third-order valence-electron chi connectivity index (χ3n) is 12.2. The highest BCUT2D eigenvalue weighted by Gasteiger charge is 2.46. The molecule has 294 valence electrons. The van der Waals surface area contributed by atoms with E-state index in [1.165, 1.54) is 11.1 Å². The Labute approximate surface area is 367 Å². The minimum atomic E-state index is -0.611. The first-order chi connectivity index (χ1) is 31.2. The van der Waals surface area contributed by atoms with Gasteiger partial charge < -0.3 is 0 Å². The molecule has 11 rings (SSSR count). The number of nitriles is 1. The number of hydrogen-bond donors (Lipinski definition) is 0. The largest absolute Gasteiger partial charge is 0.256 e. The monoisotopic (exact) mass is 802 g/mol. The van der Waals surface area contributed by atoms with E-state index in [-0.39, 0.29) is 0 Å². The summed E-state index contributed by atoms with van der Waals surface area (Å²) in [5.41, 5.74) is 18.0. The van der Waals surface area contributed by atoms with Gasteiger partial charge in [0.25, 0.3) is 0 Å². The van der Waals surface area contributed by atoms with Crippen LogP contribution in [0, 0.1) is 11.3 Å². The number of benzene rings is 8. The summed E-state index contributed by atoms with van der Waals surface area (Å²) in [7, 11) is 0. The van der Waals surface area contributed by atoms with Crippen molar-refractivity contribution >= 4 is 0 Å². The Morgan fingerprint density at radius 2 is 0.841 bits per heavy atom. The lowest BCUT2D eigenvalue weighted by atomic mass is 9.67. The molecule has 4 heteroatoms. The molecule has 0 aliphatic heterocycles. The molecular weight excluding hydrogens is 765 g/mol. The minimum Gasteiger partial charge on any atom is -0.256 e. The van der Waals surface area contributed by atoms with Crippen molar-refractivity contribution in [3.8, 4) is 84.6 Å². The highest BCUT2D eigenvalue weighted by molar-refractivity contribution is 5.89. The summed E-state index contributed by atoms with van der Waals surface area (Å²) < 4.78 is 0. The Hall–Kier alpha value is -8.52. The van der Waals surface area contributed by atoms with E-state index in [1.54, 1.807) is 0 Å². The highest BCUT2D eigenvalue weighted by Crippen LogP contribution is 2.57. The molecule has 0 unspecified atom stereocenters. The summed E-state index contributed by atoms with van der Waals surface area (Å²) in [5.74, 6) is 0.674. The Morgan fingerprint density at radius 3 is 1.44 bits per heavy atom. The quantitative estimate of drug-likeness (QED) is 0.153. The van der Waals surface area contributed by atoms with Crippen molar-refractivity contribution in [1.82, 2.24) is 15.0 Å². The second-order valence-corrected chi connectivity index (χ2v) is 15.9. The van der Waals surface area contributed by atoms with Gasteiger partial charge in [-0.05, 0) is 110 Å². The normalized spacial score (nSPS) is 12.2. The summed E-state index contributed by atoms with van der Waals surface area (Å²) in [6.45, 7) is 0. The second kappa shape index (κ2) is 15.8. The topological polar surface area (TPSA) is 62.5 Å². The summed E-state index contributed by atoms with van der Waals surface area (Å²) in [4.78, 5) is 15.0. The minimum absolute atomic E-state index is 0.611. The number of pyridine rings is 1. The standard InChI is InChI=1S/C59H38N4/c60-39-40-24-30-51-52-31-29-45(37-54(52)59(53(51)33-40,49-19-9-3-10-20-49)50-21-11-4-12-22-50)41-25-27-42(28-26-41)46-34-47(55-23-13-14-32-61-55)36-48(35-46)57-38-56(43-15-5-1-6-16-43)62-58(63-57)44-17-7-2-8-18-44/h1-38H. The smallest absolute Gasteiger partial charge is 0.160 e. The zero-order valence-corrected chi connectivity index (χ0v) is 34.2. The maximum Gasteiger partial charge on any atom is 0.160 e. The van der Waals surface area contributed by atoms with Crippen LogP contribution in [0.15, 0.2) is 231 Å². The van der Waals surface area contributed by atoms with Crippen LogP contribution in [0.2, 0.25) is 0 Å². The van der Waals surface area contributed by atoms with E-state index in [0.717, 1.165) is 83.8 Å². The van der Waals surface area contributed by atoms with Gasteiger partial charge in [0.05, 0.1) is 34.1 Å². The van der Waals surface area contributed by atoms with Gasteiger partial charge in [-0.1, -0.05) is 170 Å². The molecule has 8 aromatic carbocycles. The molecule has 1 aliphatic rings. The molecule has 2 heterocycles. The van der Waals surface area contributed by atoms with Gasteiger partial charge in [0.2, 0.25) is 0 Å². The van der Waals surface area contributed by atoms with Crippen LogP contribution in [-0.2, 0) is 5.41 Å². The number of nitrogens with zero attached hydrogens (tertiary/aromatic N) is 4. The van der Waals surface area contributed by atoms with Crippen LogP contribution >= 0.6 is 0 Å².